The van der Waals surface area contributed by atoms with Crippen LogP contribution in [0, 0.1) is 17.0 Å². The molecule has 4 rings (SSSR count). The Bertz CT molecular complexity index is 1160. The van der Waals surface area contributed by atoms with E-state index >= 15 is 0 Å². The number of anilines is 1. The number of aryl methyl sites for hydroxylation is 1. The maximum absolute atomic E-state index is 12.1. The first-order valence-corrected chi connectivity index (χ1v) is 8.80. The molecule has 0 atom stereocenters. The molecule has 2 N–H and O–H groups in total. The van der Waals surface area contributed by atoms with E-state index in [1.807, 2.05) is 31.2 Å². The van der Waals surface area contributed by atoms with E-state index in [1.165, 1.54) is 5.56 Å². The van der Waals surface area contributed by atoms with Crippen LogP contribution in [0.5, 0.6) is 0 Å². The molecule has 2 aromatic carbocycles. The number of fused-ring (bicyclic) bond motifs is 1. The number of hydrogen-bond donors (Lipinski definition) is 2. The van der Waals surface area contributed by atoms with Crippen LogP contribution in [0.15, 0.2) is 48.5 Å². The van der Waals surface area contributed by atoms with Gasteiger partial charge in [0.15, 0.2) is 5.69 Å². The van der Waals surface area contributed by atoms with Crippen molar-refractivity contribution in [2.45, 2.75) is 6.92 Å². The highest BCUT2D eigenvalue weighted by molar-refractivity contribution is 7.21. The lowest BCUT2D eigenvalue weighted by atomic mass is 10.2. The number of carbonyl (C=O) groups excluding carboxylic acids is 1. The summed E-state index contributed by atoms with van der Waals surface area (Å²) >= 11 is 1.61. The number of amides is 1. The number of nitrogens with one attached hydrogen (secondary N) is 2. The summed E-state index contributed by atoms with van der Waals surface area (Å²) in [6, 6.07) is 14.5. The normalized spacial score (nSPS) is 10.9. The Morgan fingerprint density at radius 3 is 2.67 bits per heavy atom. The van der Waals surface area contributed by atoms with Gasteiger partial charge in [-0.1, -0.05) is 11.2 Å². The number of H-pyrrole nitrogens is 1. The fraction of sp³-hybridized carbons (Fsp3) is 0.0556. The summed E-state index contributed by atoms with van der Waals surface area (Å²) in [5, 5.41) is 20.1. The fourth-order valence-electron chi connectivity index (χ4n) is 2.57. The fourth-order valence-corrected chi connectivity index (χ4v) is 3.64. The molecule has 4 aromatic rings. The molecule has 27 heavy (non-hydrogen) atoms. The van der Waals surface area contributed by atoms with E-state index in [4.69, 9.17) is 0 Å². The molecule has 0 spiro atoms. The van der Waals surface area contributed by atoms with Gasteiger partial charge in [-0.2, -0.15) is 0 Å². The minimum atomic E-state index is -0.641. The highest BCUT2D eigenvalue weighted by atomic mass is 32.1. The quantitative estimate of drug-likeness (QED) is 0.408. The van der Waals surface area contributed by atoms with Crippen LogP contribution < -0.4 is 5.32 Å². The lowest BCUT2D eigenvalue weighted by Gasteiger charge is -2.03. The Morgan fingerprint density at radius 1 is 1.19 bits per heavy atom. The first-order valence-electron chi connectivity index (χ1n) is 7.98. The Hall–Kier alpha value is -3.59. The van der Waals surface area contributed by atoms with Crippen LogP contribution in [-0.4, -0.2) is 26.0 Å². The largest absolute Gasteiger partial charge is 0.358 e. The molecule has 0 saturated carbocycles. The van der Waals surface area contributed by atoms with Crippen molar-refractivity contribution in [1.82, 2.24) is 15.2 Å². The lowest BCUT2D eigenvalue weighted by molar-refractivity contribution is -0.389. The molecular weight excluding hydrogens is 366 g/mol. The number of carbonyl (C=O) groups is 1. The molecular formula is C18H13N5O3S. The third-order valence-corrected chi connectivity index (χ3v) is 4.99. The van der Waals surface area contributed by atoms with E-state index in [0.717, 1.165) is 26.9 Å². The van der Waals surface area contributed by atoms with Crippen molar-refractivity contribution >= 4 is 39.0 Å². The number of rotatable bonds is 4. The second-order valence-corrected chi connectivity index (χ2v) is 6.95. The molecule has 2 heterocycles. The molecule has 0 fully saturated rings. The van der Waals surface area contributed by atoms with Gasteiger partial charge in [0, 0.05) is 11.3 Å². The van der Waals surface area contributed by atoms with Gasteiger partial charge in [0.25, 0.3) is 5.91 Å². The number of benzene rings is 2. The van der Waals surface area contributed by atoms with Crippen LogP contribution in [0.1, 0.15) is 16.1 Å². The predicted molar refractivity (Wildman–Crippen MR) is 103 cm³/mol. The SMILES string of the molecule is Cc1ccc2nc(-c3ccc(NC(=O)c4cc([N+](=O)[O-])[nH]n4)cc3)sc2c1. The maximum Gasteiger partial charge on any atom is 0.343 e. The third-order valence-electron chi connectivity index (χ3n) is 3.93. The molecule has 134 valence electrons. The van der Waals surface area contributed by atoms with Crippen molar-refractivity contribution in [3.8, 4) is 10.6 Å². The van der Waals surface area contributed by atoms with Crippen molar-refractivity contribution in [2.75, 3.05) is 5.32 Å². The second-order valence-electron chi connectivity index (χ2n) is 5.92. The van der Waals surface area contributed by atoms with Gasteiger partial charge in [0.2, 0.25) is 0 Å². The highest BCUT2D eigenvalue weighted by Crippen LogP contribution is 2.31. The maximum atomic E-state index is 12.1. The highest BCUT2D eigenvalue weighted by Gasteiger charge is 2.16. The van der Waals surface area contributed by atoms with Crippen molar-refractivity contribution in [2.24, 2.45) is 0 Å². The van der Waals surface area contributed by atoms with E-state index in [1.54, 1.807) is 23.5 Å². The summed E-state index contributed by atoms with van der Waals surface area (Å²) in [6.45, 7) is 2.05. The Morgan fingerprint density at radius 2 is 1.96 bits per heavy atom. The van der Waals surface area contributed by atoms with Gasteiger partial charge < -0.3 is 15.4 Å². The summed E-state index contributed by atoms with van der Waals surface area (Å²) in [7, 11) is 0. The summed E-state index contributed by atoms with van der Waals surface area (Å²) < 4.78 is 1.13. The average molecular weight is 379 g/mol. The first-order chi connectivity index (χ1) is 13.0. The van der Waals surface area contributed by atoms with E-state index < -0.39 is 10.8 Å². The van der Waals surface area contributed by atoms with Crippen LogP contribution in [0.3, 0.4) is 0 Å². The van der Waals surface area contributed by atoms with Crippen LogP contribution in [-0.2, 0) is 0 Å². The number of nitrogens with zero attached hydrogens (tertiary/aromatic N) is 3. The Labute approximate surface area is 157 Å². The minimum Gasteiger partial charge on any atom is -0.358 e. The summed E-state index contributed by atoms with van der Waals surface area (Å²) in [6.07, 6.45) is 0. The van der Waals surface area contributed by atoms with Crippen molar-refractivity contribution in [3.05, 3.63) is 69.9 Å². The Balaban J connectivity index is 1.52. The molecule has 2 aromatic heterocycles. The average Bonchev–Trinajstić information content (AvgIpc) is 3.29. The van der Waals surface area contributed by atoms with E-state index in [9.17, 15) is 14.9 Å². The molecule has 0 radical (unpaired) electrons. The number of hydrogen-bond acceptors (Lipinski definition) is 6. The zero-order chi connectivity index (χ0) is 19.0. The van der Waals surface area contributed by atoms with Crippen LogP contribution in [0.25, 0.3) is 20.8 Å². The van der Waals surface area contributed by atoms with Crippen molar-refractivity contribution in [3.63, 3.8) is 0 Å². The topological polar surface area (TPSA) is 114 Å². The lowest BCUT2D eigenvalue weighted by Crippen LogP contribution is -2.12. The minimum absolute atomic E-state index is 0.0488. The molecule has 0 aliphatic heterocycles. The zero-order valence-corrected chi connectivity index (χ0v) is 14.9. The summed E-state index contributed by atoms with van der Waals surface area (Å²) in [5.74, 6) is -0.857. The molecule has 0 unspecified atom stereocenters. The molecule has 9 heteroatoms. The monoisotopic (exact) mass is 379 g/mol. The van der Waals surface area contributed by atoms with Gasteiger partial charge >= 0.3 is 5.82 Å². The van der Waals surface area contributed by atoms with Crippen LogP contribution >= 0.6 is 11.3 Å². The number of aromatic amines is 1. The van der Waals surface area contributed by atoms with Gasteiger partial charge in [-0.15, -0.1) is 16.4 Å². The molecule has 0 saturated heterocycles. The predicted octanol–water partition coefficient (Wildman–Crippen LogP) is 4.16. The summed E-state index contributed by atoms with van der Waals surface area (Å²) in [5.41, 5.74) is 3.61. The number of aromatic nitrogens is 3. The van der Waals surface area contributed by atoms with Crippen LogP contribution in [0.2, 0.25) is 0 Å². The molecule has 0 aliphatic carbocycles. The van der Waals surface area contributed by atoms with Gasteiger partial charge in [-0.25, -0.2) is 4.98 Å². The van der Waals surface area contributed by atoms with Gasteiger partial charge in [0.05, 0.1) is 16.3 Å². The smallest absolute Gasteiger partial charge is 0.343 e. The first kappa shape index (κ1) is 16.9. The van der Waals surface area contributed by atoms with Crippen molar-refractivity contribution in [1.29, 1.82) is 0 Å². The standard InChI is InChI=1S/C18H13N5O3S/c1-10-2-7-13-15(8-10)27-18(20-13)11-3-5-12(6-4-11)19-17(24)14-9-16(22-21-14)23(25)26/h2-9H,1H3,(H,19,24)(H,21,22). The number of thiazole rings is 1. The number of nitro groups is 1. The third kappa shape index (κ3) is 3.40. The van der Waals surface area contributed by atoms with E-state index in [-0.39, 0.29) is 11.5 Å². The molecule has 0 bridgehead atoms. The summed E-state index contributed by atoms with van der Waals surface area (Å²) in [4.78, 5) is 26.8. The molecule has 1 amide bonds. The van der Waals surface area contributed by atoms with E-state index in [0.29, 0.717) is 5.69 Å². The molecule has 0 aliphatic rings. The Kier molecular flexibility index (Phi) is 4.13. The zero-order valence-electron chi connectivity index (χ0n) is 14.1. The van der Waals surface area contributed by atoms with E-state index in [2.05, 4.69) is 26.6 Å². The molecule has 8 nitrogen and oxygen atoms in total. The van der Waals surface area contributed by atoms with Gasteiger partial charge in [-0.05, 0) is 53.8 Å². The van der Waals surface area contributed by atoms with Gasteiger partial charge in [-0.3, -0.25) is 4.79 Å². The van der Waals surface area contributed by atoms with Gasteiger partial charge in [0.1, 0.15) is 5.01 Å². The van der Waals surface area contributed by atoms with Crippen LogP contribution in [0.4, 0.5) is 11.5 Å². The second kappa shape index (κ2) is 6.61. The van der Waals surface area contributed by atoms with Crippen molar-refractivity contribution < 1.29 is 9.72 Å².